The van der Waals surface area contributed by atoms with Crippen LogP contribution in [-0.2, 0) is 13.2 Å². The van der Waals surface area contributed by atoms with Crippen LogP contribution in [0.15, 0.2) is 18.2 Å². The van der Waals surface area contributed by atoms with Crippen LogP contribution in [0.4, 0.5) is 10.1 Å². The molecule has 1 saturated heterocycles. The average molecular weight is 251 g/mol. The van der Waals surface area contributed by atoms with Gasteiger partial charge in [-0.2, -0.15) is 0 Å². The van der Waals surface area contributed by atoms with Gasteiger partial charge >= 0.3 is 0 Å². The second kappa shape index (κ2) is 6.16. The summed E-state index contributed by atoms with van der Waals surface area (Å²) in [7, 11) is 0. The van der Waals surface area contributed by atoms with E-state index in [1.54, 1.807) is 6.07 Å². The zero-order valence-electron chi connectivity index (χ0n) is 11.0. The van der Waals surface area contributed by atoms with Crippen LogP contribution in [0, 0.1) is 0 Å². The van der Waals surface area contributed by atoms with Gasteiger partial charge in [-0.3, -0.25) is 4.90 Å². The molecule has 1 aliphatic rings. The molecule has 2 N–H and O–H groups in total. The van der Waals surface area contributed by atoms with Crippen LogP contribution in [-0.4, -0.2) is 42.5 Å². The number of alkyl halides is 1. The molecule has 18 heavy (non-hydrogen) atoms. The molecule has 1 heterocycles. The molecule has 2 rings (SSSR count). The van der Waals surface area contributed by atoms with Gasteiger partial charge in [0.2, 0.25) is 0 Å². The second-order valence-corrected chi connectivity index (χ2v) is 4.87. The number of piperazine rings is 1. The molecule has 0 bridgehead atoms. The molecule has 0 saturated carbocycles. The van der Waals surface area contributed by atoms with E-state index in [1.165, 1.54) is 0 Å². The maximum absolute atomic E-state index is 13.0. The largest absolute Gasteiger partial charge is 0.399 e. The summed E-state index contributed by atoms with van der Waals surface area (Å²) in [6.45, 7) is 8.04. The molecular weight excluding hydrogens is 229 g/mol. The Morgan fingerprint density at radius 3 is 2.39 bits per heavy atom. The van der Waals surface area contributed by atoms with Crippen LogP contribution in [0.25, 0.3) is 0 Å². The molecule has 0 radical (unpaired) electrons. The van der Waals surface area contributed by atoms with E-state index in [2.05, 4.69) is 16.7 Å². The van der Waals surface area contributed by atoms with Gasteiger partial charge in [0.05, 0.1) is 0 Å². The van der Waals surface area contributed by atoms with E-state index in [-0.39, 0.29) is 0 Å². The minimum absolute atomic E-state index is 0.435. The zero-order chi connectivity index (χ0) is 13.0. The lowest BCUT2D eigenvalue weighted by atomic mass is 10.1. The molecule has 4 heteroatoms. The van der Waals surface area contributed by atoms with E-state index in [0.717, 1.165) is 50.4 Å². The predicted molar refractivity (Wildman–Crippen MR) is 73.1 cm³/mol. The van der Waals surface area contributed by atoms with E-state index in [0.29, 0.717) is 5.69 Å². The molecule has 1 aromatic carbocycles. The SMILES string of the molecule is CCN1CCN(Cc2ccc(N)cc2CF)CC1. The molecule has 3 nitrogen and oxygen atoms in total. The Morgan fingerprint density at radius 1 is 1.11 bits per heavy atom. The normalized spacial score (nSPS) is 18.1. The summed E-state index contributed by atoms with van der Waals surface area (Å²) in [5.41, 5.74) is 8.12. The Labute approximate surface area is 108 Å². The molecule has 0 atom stereocenters. The maximum Gasteiger partial charge on any atom is 0.115 e. The van der Waals surface area contributed by atoms with Crippen LogP contribution < -0.4 is 5.73 Å². The molecule has 0 spiro atoms. The van der Waals surface area contributed by atoms with E-state index in [9.17, 15) is 4.39 Å². The van der Waals surface area contributed by atoms with Crippen molar-refractivity contribution in [2.75, 3.05) is 38.5 Å². The van der Waals surface area contributed by atoms with Crippen molar-refractivity contribution in [1.29, 1.82) is 0 Å². The Bertz CT molecular complexity index is 387. The lowest BCUT2D eigenvalue weighted by Gasteiger charge is -2.34. The van der Waals surface area contributed by atoms with Crippen molar-refractivity contribution >= 4 is 5.69 Å². The first-order valence-electron chi connectivity index (χ1n) is 6.61. The first-order chi connectivity index (χ1) is 8.72. The summed E-state index contributed by atoms with van der Waals surface area (Å²) in [6.07, 6.45) is 0. The highest BCUT2D eigenvalue weighted by molar-refractivity contribution is 5.44. The van der Waals surface area contributed by atoms with Crippen molar-refractivity contribution in [3.8, 4) is 0 Å². The Kier molecular flexibility index (Phi) is 4.55. The number of hydrogen-bond donors (Lipinski definition) is 1. The Hall–Kier alpha value is -1.13. The smallest absolute Gasteiger partial charge is 0.115 e. The highest BCUT2D eigenvalue weighted by atomic mass is 19.1. The average Bonchev–Trinajstić information content (AvgIpc) is 2.41. The highest BCUT2D eigenvalue weighted by Gasteiger charge is 2.16. The third-order valence-corrected chi connectivity index (χ3v) is 3.68. The summed E-state index contributed by atoms with van der Waals surface area (Å²) in [5.74, 6) is 0. The summed E-state index contributed by atoms with van der Waals surface area (Å²) in [5, 5.41) is 0. The minimum atomic E-state index is -0.435. The van der Waals surface area contributed by atoms with Gasteiger partial charge in [-0.1, -0.05) is 13.0 Å². The molecule has 100 valence electrons. The van der Waals surface area contributed by atoms with Crippen molar-refractivity contribution in [2.24, 2.45) is 0 Å². The van der Waals surface area contributed by atoms with E-state index < -0.39 is 6.67 Å². The molecule has 1 aliphatic heterocycles. The molecule has 0 aromatic heterocycles. The van der Waals surface area contributed by atoms with Crippen molar-refractivity contribution in [3.63, 3.8) is 0 Å². The van der Waals surface area contributed by atoms with Gasteiger partial charge in [0.25, 0.3) is 0 Å². The van der Waals surface area contributed by atoms with E-state index in [1.807, 2.05) is 12.1 Å². The number of nitrogens with two attached hydrogens (primary N) is 1. The lowest BCUT2D eigenvalue weighted by molar-refractivity contribution is 0.131. The molecule has 0 unspecified atom stereocenters. The van der Waals surface area contributed by atoms with Gasteiger partial charge < -0.3 is 10.6 Å². The number of benzene rings is 1. The molecule has 1 aromatic rings. The van der Waals surface area contributed by atoms with Crippen molar-refractivity contribution < 1.29 is 4.39 Å². The number of nitrogens with zero attached hydrogens (tertiary/aromatic N) is 2. The Balaban J connectivity index is 1.97. The number of nitrogen functional groups attached to an aromatic ring is 1. The minimum Gasteiger partial charge on any atom is -0.399 e. The van der Waals surface area contributed by atoms with E-state index >= 15 is 0 Å². The third-order valence-electron chi connectivity index (χ3n) is 3.68. The van der Waals surface area contributed by atoms with Crippen molar-refractivity contribution in [1.82, 2.24) is 9.80 Å². The summed E-state index contributed by atoms with van der Waals surface area (Å²) in [6, 6.07) is 5.56. The molecular formula is C14H22FN3. The maximum atomic E-state index is 13.0. The lowest BCUT2D eigenvalue weighted by Crippen LogP contribution is -2.45. The van der Waals surface area contributed by atoms with Crippen LogP contribution in [0.2, 0.25) is 0 Å². The topological polar surface area (TPSA) is 32.5 Å². The number of anilines is 1. The number of likely N-dealkylation sites (N-methyl/N-ethyl adjacent to an activating group) is 1. The fourth-order valence-electron chi connectivity index (χ4n) is 2.43. The molecule has 1 fully saturated rings. The number of rotatable bonds is 4. The van der Waals surface area contributed by atoms with Crippen LogP contribution in [0.1, 0.15) is 18.1 Å². The molecule has 0 aliphatic carbocycles. The van der Waals surface area contributed by atoms with Gasteiger partial charge in [-0.25, -0.2) is 4.39 Å². The highest BCUT2D eigenvalue weighted by Crippen LogP contribution is 2.17. The monoisotopic (exact) mass is 251 g/mol. The van der Waals surface area contributed by atoms with Crippen LogP contribution in [0.5, 0.6) is 0 Å². The third kappa shape index (κ3) is 3.21. The molecule has 0 amide bonds. The quantitative estimate of drug-likeness (QED) is 0.829. The zero-order valence-corrected chi connectivity index (χ0v) is 11.0. The van der Waals surface area contributed by atoms with Gasteiger partial charge in [-0.05, 0) is 29.8 Å². The standard InChI is InChI=1S/C14H22FN3/c1-2-17-5-7-18(8-6-17)11-12-3-4-14(16)9-13(12)10-15/h3-4,9H,2,5-8,10-11,16H2,1H3. The fraction of sp³-hybridized carbons (Fsp3) is 0.571. The van der Waals surface area contributed by atoms with Gasteiger partial charge in [0, 0.05) is 38.4 Å². The van der Waals surface area contributed by atoms with Crippen LogP contribution in [0.3, 0.4) is 0 Å². The number of halogens is 1. The van der Waals surface area contributed by atoms with Crippen molar-refractivity contribution in [2.45, 2.75) is 20.1 Å². The van der Waals surface area contributed by atoms with Gasteiger partial charge in [0.1, 0.15) is 6.67 Å². The first kappa shape index (κ1) is 13.3. The van der Waals surface area contributed by atoms with Gasteiger partial charge in [0.15, 0.2) is 0 Å². The summed E-state index contributed by atoms with van der Waals surface area (Å²) >= 11 is 0. The summed E-state index contributed by atoms with van der Waals surface area (Å²) in [4.78, 5) is 4.83. The summed E-state index contributed by atoms with van der Waals surface area (Å²) < 4.78 is 13.0. The van der Waals surface area contributed by atoms with Crippen molar-refractivity contribution in [3.05, 3.63) is 29.3 Å². The Morgan fingerprint density at radius 2 is 1.78 bits per heavy atom. The first-order valence-corrected chi connectivity index (χ1v) is 6.61. The van der Waals surface area contributed by atoms with E-state index in [4.69, 9.17) is 5.73 Å². The number of hydrogen-bond acceptors (Lipinski definition) is 3. The second-order valence-electron chi connectivity index (χ2n) is 4.87. The van der Waals surface area contributed by atoms with Gasteiger partial charge in [-0.15, -0.1) is 0 Å². The van der Waals surface area contributed by atoms with Crippen LogP contribution >= 0.6 is 0 Å². The predicted octanol–water partition coefficient (Wildman–Crippen LogP) is 1.88. The fourth-order valence-corrected chi connectivity index (χ4v) is 2.43.